The third-order valence-corrected chi connectivity index (χ3v) is 12.5. The van der Waals surface area contributed by atoms with Gasteiger partial charge >= 0.3 is 0 Å². The zero-order valence-corrected chi connectivity index (χ0v) is 41.9. The summed E-state index contributed by atoms with van der Waals surface area (Å²) in [5.41, 5.74) is 12.1. The number of hydrogen-bond donors (Lipinski definition) is 1. The van der Waals surface area contributed by atoms with Crippen LogP contribution in [0.15, 0.2) is 158 Å². The number of para-hydroxylation sites is 1. The molecule has 0 fully saturated rings. The Morgan fingerprint density at radius 1 is 0.537 bits per heavy atom. The third kappa shape index (κ3) is 9.47. The van der Waals surface area contributed by atoms with E-state index in [2.05, 4.69) is 86.6 Å². The minimum atomic E-state index is -2.53. The first-order valence-corrected chi connectivity index (χ1v) is 22.6. The number of phenols is 1. The number of pyridine rings is 1. The Morgan fingerprint density at radius 3 is 1.81 bits per heavy atom. The van der Waals surface area contributed by atoms with Crippen molar-refractivity contribution < 1.29 is 34.4 Å². The first-order valence-electron chi connectivity index (χ1n) is 25.6. The van der Waals surface area contributed by atoms with Gasteiger partial charge < -0.3 is 5.11 Å². The van der Waals surface area contributed by atoms with Crippen LogP contribution in [0.2, 0.25) is 0 Å². The zero-order valence-electron chi connectivity index (χ0n) is 45.6. The first kappa shape index (κ1) is 39.8. The van der Waals surface area contributed by atoms with E-state index in [9.17, 15) is 5.11 Å². The largest absolute Gasteiger partial charge is 0.507 e. The molecule has 0 spiro atoms. The molecule has 0 saturated carbocycles. The van der Waals surface area contributed by atoms with Crippen LogP contribution in [0.3, 0.4) is 0 Å². The molecule has 2 aromatic heterocycles. The van der Waals surface area contributed by atoms with Crippen molar-refractivity contribution in [2.24, 2.45) is 0 Å². The second-order valence-corrected chi connectivity index (χ2v) is 20.5. The molecule has 340 valence electrons. The Bertz CT molecular complexity index is 3500. The fraction of sp³-hybridized carbons (Fsp3) is 0.226. The van der Waals surface area contributed by atoms with Crippen molar-refractivity contribution in [3.05, 3.63) is 192 Å². The van der Waals surface area contributed by atoms with Crippen LogP contribution in [0, 0.1) is 19.8 Å². The van der Waals surface area contributed by atoms with Gasteiger partial charge in [-0.25, -0.2) is 4.98 Å². The Balaban J connectivity index is 0.00000711. The van der Waals surface area contributed by atoms with Gasteiger partial charge in [0.2, 0.25) is 0 Å². The molecular weight excluding hydrogens is 998 g/mol. The Kier molecular flexibility index (Phi) is 10.7. The van der Waals surface area contributed by atoms with Crippen molar-refractivity contribution in [2.75, 3.05) is 0 Å². The standard InChI is InChI=1S/C62H60N3O.Pt/c1-39-29-45(42-21-16-13-17-22-42)32-46(30-39)44-27-28-63-54(36-44)48-33-47(34-49(35-48)60(3,4)5)51-23-18-24-56-57(51)64-59(52-37-50(61(6,7)8)38-53(58(52)66)62(9,10)11)65(56)55-26-25-43(31-40(55)2)41-19-14-12-15-20-41;/h12-32,34-38,66H,1-11H3;/q-1;/i1D3,2D3;. The van der Waals surface area contributed by atoms with E-state index in [0.29, 0.717) is 33.8 Å². The minimum Gasteiger partial charge on any atom is -0.507 e. The molecule has 7 aromatic carbocycles. The summed E-state index contributed by atoms with van der Waals surface area (Å²) in [6.45, 7) is 14.3. The van der Waals surface area contributed by atoms with Gasteiger partial charge in [-0.15, -0.1) is 29.3 Å². The van der Waals surface area contributed by atoms with Gasteiger partial charge in [-0.1, -0.05) is 177 Å². The molecule has 0 amide bonds. The summed E-state index contributed by atoms with van der Waals surface area (Å²) >= 11 is 0. The monoisotopic (exact) mass is 1060 g/mol. The molecule has 0 unspecified atom stereocenters. The number of rotatable bonds is 7. The maximum atomic E-state index is 12.5. The molecule has 0 atom stereocenters. The molecule has 4 nitrogen and oxygen atoms in total. The van der Waals surface area contributed by atoms with Crippen LogP contribution in [0.25, 0.3) is 83.9 Å². The summed E-state index contributed by atoms with van der Waals surface area (Å²) in [4.78, 5) is 10.4. The average Bonchev–Trinajstić information content (AvgIpc) is 3.72. The van der Waals surface area contributed by atoms with E-state index in [-0.39, 0.29) is 48.8 Å². The van der Waals surface area contributed by atoms with Crippen molar-refractivity contribution in [3.63, 3.8) is 0 Å². The summed E-state index contributed by atoms with van der Waals surface area (Å²) in [6, 6.07) is 52.4. The molecule has 0 aliphatic rings. The van der Waals surface area contributed by atoms with E-state index in [0.717, 1.165) is 66.8 Å². The molecule has 5 heteroatoms. The van der Waals surface area contributed by atoms with Gasteiger partial charge in [-0.2, -0.15) is 0 Å². The molecule has 0 radical (unpaired) electrons. The van der Waals surface area contributed by atoms with E-state index < -0.39 is 19.1 Å². The van der Waals surface area contributed by atoms with Crippen LogP contribution in [0.4, 0.5) is 0 Å². The number of fused-ring (bicyclic) bond motifs is 1. The number of nitrogens with zero attached hydrogens (tertiary/aromatic N) is 3. The number of aromatic nitrogens is 3. The van der Waals surface area contributed by atoms with Gasteiger partial charge in [-0.05, 0) is 116 Å². The fourth-order valence-electron chi connectivity index (χ4n) is 8.73. The first-order chi connectivity index (χ1) is 33.8. The predicted octanol–water partition coefficient (Wildman–Crippen LogP) is 16.4. The molecule has 0 aliphatic heterocycles. The molecule has 9 rings (SSSR count). The van der Waals surface area contributed by atoms with Crippen molar-refractivity contribution in [1.82, 2.24) is 14.5 Å². The van der Waals surface area contributed by atoms with Crippen LogP contribution in [-0.4, -0.2) is 19.6 Å². The van der Waals surface area contributed by atoms with E-state index in [1.807, 2.05) is 120 Å². The smallest absolute Gasteiger partial charge is 0.148 e. The van der Waals surface area contributed by atoms with Gasteiger partial charge in [0.1, 0.15) is 11.6 Å². The molecule has 9 aromatic rings. The number of benzene rings is 7. The topological polar surface area (TPSA) is 50.9 Å². The maximum absolute atomic E-state index is 12.5. The minimum absolute atomic E-state index is 0. The Labute approximate surface area is 420 Å². The van der Waals surface area contributed by atoms with E-state index in [1.54, 1.807) is 24.4 Å². The van der Waals surface area contributed by atoms with Crippen LogP contribution < -0.4 is 0 Å². The van der Waals surface area contributed by atoms with Gasteiger partial charge in [0.05, 0.1) is 22.3 Å². The molecule has 0 saturated heterocycles. The number of hydrogen-bond acceptors (Lipinski definition) is 3. The zero-order chi connectivity index (χ0) is 51.7. The van der Waals surface area contributed by atoms with E-state index >= 15 is 0 Å². The molecule has 0 aliphatic carbocycles. The summed E-state index contributed by atoms with van der Waals surface area (Å²) in [5, 5.41) is 12.5. The third-order valence-electron chi connectivity index (χ3n) is 12.5. The van der Waals surface area contributed by atoms with Gasteiger partial charge in [0, 0.05) is 46.7 Å². The van der Waals surface area contributed by atoms with Crippen molar-refractivity contribution >= 4 is 11.0 Å². The second-order valence-electron chi connectivity index (χ2n) is 20.5. The molecule has 1 N–H and O–H groups in total. The summed E-state index contributed by atoms with van der Waals surface area (Å²) < 4.78 is 53.9. The van der Waals surface area contributed by atoms with Crippen LogP contribution in [-0.2, 0) is 37.3 Å². The van der Waals surface area contributed by atoms with Crippen LogP contribution in [0.1, 0.15) is 98.4 Å². The average molecular weight is 1060 g/mol. The van der Waals surface area contributed by atoms with E-state index in [4.69, 9.17) is 18.2 Å². The maximum Gasteiger partial charge on any atom is 0.148 e. The van der Waals surface area contributed by atoms with E-state index in [1.165, 1.54) is 0 Å². The Hall–Kier alpha value is -6.35. The van der Waals surface area contributed by atoms with Gasteiger partial charge in [0.25, 0.3) is 0 Å². The quantitative estimate of drug-likeness (QED) is 0.162. The summed E-state index contributed by atoms with van der Waals surface area (Å²) in [5.74, 6) is 0.486. The molecular formula is C62H60N3OPt-. The number of phenolic OH excluding ortho intramolecular Hbond substituents is 1. The molecule has 2 heterocycles. The summed E-state index contributed by atoms with van der Waals surface area (Å²) in [6.07, 6.45) is 1.75. The fourth-order valence-corrected chi connectivity index (χ4v) is 8.73. The number of imidazole rings is 1. The van der Waals surface area contributed by atoms with Crippen LogP contribution >= 0.6 is 0 Å². The molecule has 67 heavy (non-hydrogen) atoms. The SMILES string of the molecule is [2H]C([2H])([2H])c1cc(-c2ccccc2)cc(-c2ccnc(-c3[c-]c(-c4cccc5c4nc(-c4cc(C(C)(C)C)cc(C(C)(C)C)c4O)n5-c4ccc(-c5ccccc5)cc4C([2H])([2H])[2H])cc(C(C)(C)C)c3)c2)c1.[Pt]. The normalized spacial score (nSPS) is 13.7. The van der Waals surface area contributed by atoms with Crippen molar-refractivity contribution in [1.29, 1.82) is 0 Å². The van der Waals surface area contributed by atoms with Gasteiger partial charge in [0.15, 0.2) is 0 Å². The molecule has 0 bridgehead atoms. The van der Waals surface area contributed by atoms with Crippen molar-refractivity contribution in [2.45, 2.75) is 92.3 Å². The van der Waals surface area contributed by atoms with Gasteiger partial charge in [-0.3, -0.25) is 9.55 Å². The second kappa shape index (κ2) is 18.0. The van der Waals surface area contributed by atoms with Crippen LogP contribution in [0.5, 0.6) is 5.75 Å². The number of aromatic hydroxyl groups is 1. The summed E-state index contributed by atoms with van der Waals surface area (Å²) in [7, 11) is 0. The number of aryl methyl sites for hydroxylation is 2. The Morgan fingerprint density at radius 2 is 1.16 bits per heavy atom. The van der Waals surface area contributed by atoms with Crippen molar-refractivity contribution in [3.8, 4) is 78.6 Å². The predicted molar refractivity (Wildman–Crippen MR) is 278 cm³/mol.